The fourth-order valence-electron chi connectivity index (χ4n) is 0.956. The fraction of sp³-hybridized carbons (Fsp3) is 0.778. The molecule has 1 aromatic rings. The predicted octanol–water partition coefficient (Wildman–Crippen LogP) is 1.52. The first-order valence-electron chi connectivity index (χ1n) is 5.08. The quantitative estimate of drug-likeness (QED) is 0.687. The van der Waals surface area contributed by atoms with Crippen LogP contribution in [0.15, 0.2) is 0 Å². The molecule has 6 heteroatoms. The van der Waals surface area contributed by atoms with E-state index in [1.165, 1.54) is 11.3 Å². The lowest BCUT2D eigenvalue weighted by molar-refractivity contribution is 0.0450. The first kappa shape index (κ1) is 12.4. The van der Waals surface area contributed by atoms with Gasteiger partial charge in [-0.15, -0.1) is 10.2 Å². The second kappa shape index (κ2) is 7.56. The molecule has 0 bridgehead atoms. The smallest absolute Gasteiger partial charge is 0.205 e. The minimum absolute atomic E-state index is 0.510. The van der Waals surface area contributed by atoms with Crippen molar-refractivity contribution in [2.75, 3.05) is 31.7 Å². The number of ether oxygens (including phenoxy) is 2. The Morgan fingerprint density at radius 1 is 1.20 bits per heavy atom. The Morgan fingerprint density at radius 2 is 2.00 bits per heavy atom. The molecule has 0 atom stereocenters. The predicted molar refractivity (Wildman–Crippen MR) is 60.2 cm³/mol. The number of anilines is 1. The molecule has 0 aliphatic heterocycles. The van der Waals surface area contributed by atoms with E-state index in [2.05, 4.69) is 15.5 Å². The summed E-state index contributed by atoms with van der Waals surface area (Å²) in [6.07, 6.45) is 0. The van der Waals surface area contributed by atoms with Crippen LogP contribution in [0, 0.1) is 0 Å². The summed E-state index contributed by atoms with van der Waals surface area (Å²) in [4.78, 5) is 0. The van der Waals surface area contributed by atoms with E-state index in [1.807, 2.05) is 13.8 Å². The highest BCUT2D eigenvalue weighted by molar-refractivity contribution is 7.15. The van der Waals surface area contributed by atoms with Gasteiger partial charge >= 0.3 is 0 Å². The van der Waals surface area contributed by atoms with Gasteiger partial charge in [-0.25, -0.2) is 0 Å². The van der Waals surface area contributed by atoms with E-state index >= 15 is 0 Å². The summed E-state index contributed by atoms with van der Waals surface area (Å²) in [5.41, 5.74) is 0. The summed E-state index contributed by atoms with van der Waals surface area (Å²) < 4.78 is 10.5. The number of aromatic nitrogens is 2. The van der Waals surface area contributed by atoms with E-state index in [-0.39, 0.29) is 0 Å². The molecule has 1 heterocycles. The molecule has 0 spiro atoms. The molecular weight excluding hydrogens is 214 g/mol. The zero-order chi connectivity index (χ0) is 10.9. The van der Waals surface area contributed by atoms with E-state index in [0.717, 1.165) is 23.3 Å². The Kier molecular flexibility index (Phi) is 6.22. The summed E-state index contributed by atoms with van der Waals surface area (Å²) in [7, 11) is 0. The van der Waals surface area contributed by atoms with E-state index in [1.54, 1.807) is 0 Å². The molecule has 0 unspecified atom stereocenters. The Bertz CT molecular complexity index is 268. The summed E-state index contributed by atoms with van der Waals surface area (Å²) in [6, 6.07) is 0. The molecule has 5 nitrogen and oxygen atoms in total. The van der Waals surface area contributed by atoms with Gasteiger partial charge in [0.2, 0.25) is 5.13 Å². The third-order valence-electron chi connectivity index (χ3n) is 1.60. The van der Waals surface area contributed by atoms with Gasteiger partial charge in [0.1, 0.15) is 11.6 Å². The van der Waals surface area contributed by atoms with Crippen LogP contribution in [0.3, 0.4) is 0 Å². The number of rotatable bonds is 8. The maximum absolute atomic E-state index is 5.37. The fourth-order valence-corrected chi connectivity index (χ4v) is 1.70. The Balaban J connectivity index is 2.14. The first-order valence-corrected chi connectivity index (χ1v) is 5.90. The van der Waals surface area contributed by atoms with Gasteiger partial charge in [0.05, 0.1) is 13.2 Å². The molecule has 1 aromatic heterocycles. The number of nitrogens with zero attached hydrogens (tertiary/aromatic N) is 2. The van der Waals surface area contributed by atoms with E-state index < -0.39 is 0 Å². The van der Waals surface area contributed by atoms with E-state index in [0.29, 0.717) is 19.8 Å². The average Bonchev–Trinajstić information content (AvgIpc) is 2.66. The molecule has 0 aliphatic carbocycles. The van der Waals surface area contributed by atoms with E-state index in [4.69, 9.17) is 9.47 Å². The standard InChI is InChI=1S/C9H17N3O2S/c1-3-10-9-12-11-8(15-9)7-14-6-5-13-4-2/h3-7H2,1-2H3,(H,10,12). The van der Waals surface area contributed by atoms with Gasteiger partial charge in [-0.3, -0.25) is 0 Å². The van der Waals surface area contributed by atoms with Crippen LogP contribution in [0.1, 0.15) is 18.9 Å². The van der Waals surface area contributed by atoms with Crippen molar-refractivity contribution in [3.8, 4) is 0 Å². The molecule has 1 rings (SSSR count). The lowest BCUT2D eigenvalue weighted by Gasteiger charge is -2.00. The van der Waals surface area contributed by atoms with Crippen LogP contribution in [0.5, 0.6) is 0 Å². The lowest BCUT2D eigenvalue weighted by atomic mass is 10.7. The molecule has 0 radical (unpaired) electrons. The number of hydrogen-bond acceptors (Lipinski definition) is 6. The van der Waals surface area contributed by atoms with Crippen molar-refractivity contribution in [2.24, 2.45) is 0 Å². The summed E-state index contributed by atoms with van der Waals surface area (Å²) in [5, 5.41) is 12.8. The average molecular weight is 231 g/mol. The summed E-state index contributed by atoms with van der Waals surface area (Å²) in [6.45, 7) is 7.33. The van der Waals surface area contributed by atoms with Gasteiger partial charge < -0.3 is 14.8 Å². The Labute approximate surface area is 93.8 Å². The largest absolute Gasteiger partial charge is 0.379 e. The highest BCUT2D eigenvalue weighted by atomic mass is 32.1. The Morgan fingerprint density at radius 3 is 2.73 bits per heavy atom. The highest BCUT2D eigenvalue weighted by Crippen LogP contribution is 2.15. The third kappa shape index (κ3) is 5.06. The van der Waals surface area contributed by atoms with Crippen molar-refractivity contribution < 1.29 is 9.47 Å². The van der Waals surface area contributed by atoms with Gasteiger partial charge in [0, 0.05) is 13.2 Å². The van der Waals surface area contributed by atoms with Crippen molar-refractivity contribution >= 4 is 16.5 Å². The molecule has 15 heavy (non-hydrogen) atoms. The number of nitrogens with one attached hydrogen (secondary N) is 1. The maximum atomic E-state index is 5.37. The van der Waals surface area contributed by atoms with Gasteiger partial charge in [-0.2, -0.15) is 0 Å². The maximum Gasteiger partial charge on any atom is 0.205 e. The van der Waals surface area contributed by atoms with Gasteiger partial charge in [-0.05, 0) is 13.8 Å². The highest BCUT2D eigenvalue weighted by Gasteiger charge is 2.02. The summed E-state index contributed by atoms with van der Waals surface area (Å²) >= 11 is 1.52. The van der Waals surface area contributed by atoms with Crippen LogP contribution < -0.4 is 5.32 Å². The van der Waals surface area contributed by atoms with Crippen LogP contribution in [-0.2, 0) is 16.1 Å². The molecule has 0 saturated heterocycles. The van der Waals surface area contributed by atoms with Crippen LogP contribution >= 0.6 is 11.3 Å². The topological polar surface area (TPSA) is 56.3 Å². The van der Waals surface area contributed by atoms with Crippen LogP contribution in [0.2, 0.25) is 0 Å². The van der Waals surface area contributed by atoms with Gasteiger partial charge in [0.25, 0.3) is 0 Å². The van der Waals surface area contributed by atoms with Crippen LogP contribution in [0.4, 0.5) is 5.13 Å². The SMILES string of the molecule is CCNc1nnc(COCCOCC)s1. The van der Waals surface area contributed by atoms with Gasteiger partial charge in [-0.1, -0.05) is 11.3 Å². The second-order valence-corrected chi connectivity index (χ2v) is 3.84. The van der Waals surface area contributed by atoms with Crippen LogP contribution in [-0.4, -0.2) is 36.6 Å². The first-order chi connectivity index (χ1) is 7.36. The zero-order valence-electron chi connectivity index (χ0n) is 9.15. The zero-order valence-corrected chi connectivity index (χ0v) is 9.97. The van der Waals surface area contributed by atoms with Crippen molar-refractivity contribution in [1.82, 2.24) is 10.2 Å². The monoisotopic (exact) mass is 231 g/mol. The molecule has 86 valence electrons. The summed E-state index contributed by atoms with van der Waals surface area (Å²) in [5.74, 6) is 0. The van der Waals surface area contributed by atoms with E-state index in [9.17, 15) is 0 Å². The molecule has 0 aliphatic rings. The Hall–Kier alpha value is -0.720. The molecule has 0 aromatic carbocycles. The lowest BCUT2D eigenvalue weighted by Crippen LogP contribution is -2.03. The van der Waals surface area contributed by atoms with Crippen LogP contribution in [0.25, 0.3) is 0 Å². The molecule has 0 fully saturated rings. The second-order valence-electron chi connectivity index (χ2n) is 2.78. The molecule has 0 saturated carbocycles. The molecular formula is C9H17N3O2S. The molecule has 1 N–H and O–H groups in total. The van der Waals surface area contributed by atoms with Crippen molar-refractivity contribution in [2.45, 2.75) is 20.5 Å². The normalized spacial score (nSPS) is 10.5. The third-order valence-corrected chi connectivity index (χ3v) is 2.45. The minimum Gasteiger partial charge on any atom is -0.379 e. The van der Waals surface area contributed by atoms with Crippen molar-refractivity contribution in [3.05, 3.63) is 5.01 Å². The van der Waals surface area contributed by atoms with Crippen molar-refractivity contribution in [3.63, 3.8) is 0 Å². The molecule has 0 amide bonds. The van der Waals surface area contributed by atoms with Crippen molar-refractivity contribution in [1.29, 1.82) is 0 Å². The minimum atomic E-state index is 0.510. The van der Waals surface area contributed by atoms with Gasteiger partial charge in [0.15, 0.2) is 0 Å². The number of hydrogen-bond donors (Lipinski definition) is 1.